The standard InChI is InChI=1S/C11H15BrN2O/c1-8-5-9(6-14-11(8)12)13-7-10-3-2-4-15-10/h5-6,10,13H,2-4,7H2,1H3. The number of pyridine rings is 1. The number of nitrogens with one attached hydrogen (secondary N) is 1. The van der Waals surface area contributed by atoms with Crippen molar-refractivity contribution in [1.29, 1.82) is 0 Å². The topological polar surface area (TPSA) is 34.1 Å². The fraction of sp³-hybridized carbons (Fsp3) is 0.545. The summed E-state index contributed by atoms with van der Waals surface area (Å²) < 4.78 is 6.44. The van der Waals surface area contributed by atoms with Gasteiger partial charge in [-0.15, -0.1) is 0 Å². The first-order chi connectivity index (χ1) is 7.25. The van der Waals surface area contributed by atoms with E-state index >= 15 is 0 Å². The maximum absolute atomic E-state index is 5.54. The van der Waals surface area contributed by atoms with E-state index in [1.165, 1.54) is 6.42 Å². The van der Waals surface area contributed by atoms with E-state index in [-0.39, 0.29) is 0 Å². The quantitative estimate of drug-likeness (QED) is 0.858. The zero-order chi connectivity index (χ0) is 10.7. The summed E-state index contributed by atoms with van der Waals surface area (Å²) in [6, 6.07) is 2.09. The molecule has 1 aromatic heterocycles. The van der Waals surface area contributed by atoms with Gasteiger partial charge in [0.15, 0.2) is 0 Å². The number of anilines is 1. The highest BCUT2D eigenvalue weighted by Gasteiger charge is 2.14. The number of hydrogen-bond acceptors (Lipinski definition) is 3. The van der Waals surface area contributed by atoms with Crippen LogP contribution in [0.3, 0.4) is 0 Å². The molecule has 0 aliphatic carbocycles. The van der Waals surface area contributed by atoms with Gasteiger partial charge in [0.05, 0.1) is 18.0 Å². The van der Waals surface area contributed by atoms with Crippen LogP contribution in [0.4, 0.5) is 5.69 Å². The number of hydrogen-bond donors (Lipinski definition) is 1. The van der Waals surface area contributed by atoms with Crippen molar-refractivity contribution >= 4 is 21.6 Å². The van der Waals surface area contributed by atoms with Crippen molar-refractivity contribution in [2.24, 2.45) is 0 Å². The van der Waals surface area contributed by atoms with Crippen LogP contribution in [0, 0.1) is 6.92 Å². The fourth-order valence-corrected chi connectivity index (χ4v) is 1.91. The normalized spacial score (nSPS) is 20.5. The Kier molecular flexibility index (Phi) is 3.59. The summed E-state index contributed by atoms with van der Waals surface area (Å²) in [5.74, 6) is 0. The van der Waals surface area contributed by atoms with E-state index in [1.54, 1.807) is 0 Å². The molecule has 1 N–H and O–H groups in total. The third-order valence-electron chi connectivity index (χ3n) is 2.57. The van der Waals surface area contributed by atoms with Crippen molar-refractivity contribution in [2.75, 3.05) is 18.5 Å². The van der Waals surface area contributed by atoms with Gasteiger partial charge in [0.1, 0.15) is 4.60 Å². The molecule has 15 heavy (non-hydrogen) atoms. The summed E-state index contributed by atoms with van der Waals surface area (Å²) in [4.78, 5) is 4.24. The number of aryl methyl sites for hydroxylation is 1. The number of rotatable bonds is 3. The lowest BCUT2D eigenvalue weighted by Gasteiger charge is -2.12. The van der Waals surface area contributed by atoms with Crippen molar-refractivity contribution in [3.8, 4) is 0 Å². The monoisotopic (exact) mass is 270 g/mol. The summed E-state index contributed by atoms with van der Waals surface area (Å²) >= 11 is 3.38. The van der Waals surface area contributed by atoms with Crippen LogP contribution in [0.5, 0.6) is 0 Å². The molecule has 1 aromatic rings. The van der Waals surface area contributed by atoms with Crippen LogP contribution < -0.4 is 5.32 Å². The molecule has 1 saturated heterocycles. The van der Waals surface area contributed by atoms with Crippen molar-refractivity contribution in [2.45, 2.75) is 25.9 Å². The zero-order valence-electron chi connectivity index (χ0n) is 8.79. The van der Waals surface area contributed by atoms with Crippen molar-refractivity contribution in [3.05, 3.63) is 22.4 Å². The van der Waals surface area contributed by atoms with Crippen LogP contribution in [0.2, 0.25) is 0 Å². The highest BCUT2D eigenvalue weighted by atomic mass is 79.9. The zero-order valence-corrected chi connectivity index (χ0v) is 10.4. The maximum Gasteiger partial charge on any atom is 0.109 e. The van der Waals surface area contributed by atoms with Crippen molar-refractivity contribution in [3.63, 3.8) is 0 Å². The molecule has 0 bridgehead atoms. The smallest absolute Gasteiger partial charge is 0.109 e. The average Bonchev–Trinajstić information content (AvgIpc) is 2.73. The Bertz CT molecular complexity index is 337. The Morgan fingerprint density at radius 2 is 2.53 bits per heavy atom. The number of nitrogens with zero attached hydrogens (tertiary/aromatic N) is 1. The molecule has 1 atom stereocenters. The van der Waals surface area contributed by atoms with E-state index in [0.717, 1.165) is 35.4 Å². The van der Waals surface area contributed by atoms with Gasteiger partial charge in [-0.3, -0.25) is 0 Å². The molecule has 0 radical (unpaired) electrons. The molecule has 2 rings (SSSR count). The number of aromatic nitrogens is 1. The Morgan fingerprint density at radius 1 is 1.67 bits per heavy atom. The third kappa shape index (κ3) is 2.92. The molecule has 4 heteroatoms. The summed E-state index contributed by atoms with van der Waals surface area (Å²) in [5, 5.41) is 3.35. The highest BCUT2D eigenvalue weighted by Crippen LogP contribution is 2.18. The Balaban J connectivity index is 1.90. The Hall–Kier alpha value is -0.610. The summed E-state index contributed by atoms with van der Waals surface area (Å²) in [6.07, 6.45) is 4.56. The van der Waals surface area contributed by atoms with E-state index in [0.29, 0.717) is 6.10 Å². The molecular weight excluding hydrogens is 256 g/mol. The number of ether oxygens (including phenoxy) is 1. The molecule has 1 fully saturated rings. The van der Waals surface area contributed by atoms with E-state index in [2.05, 4.69) is 32.3 Å². The highest BCUT2D eigenvalue weighted by molar-refractivity contribution is 9.10. The van der Waals surface area contributed by atoms with Gasteiger partial charge in [-0.2, -0.15) is 0 Å². The van der Waals surface area contributed by atoms with E-state index in [9.17, 15) is 0 Å². The first-order valence-electron chi connectivity index (χ1n) is 5.23. The van der Waals surface area contributed by atoms with Crippen LogP contribution in [0.1, 0.15) is 18.4 Å². The average molecular weight is 271 g/mol. The minimum atomic E-state index is 0.369. The van der Waals surface area contributed by atoms with Crippen LogP contribution in [-0.2, 0) is 4.74 Å². The van der Waals surface area contributed by atoms with Crippen LogP contribution in [0.15, 0.2) is 16.9 Å². The molecule has 0 saturated carbocycles. The fourth-order valence-electron chi connectivity index (χ4n) is 1.69. The first kappa shape index (κ1) is 10.9. The Labute approximate surface area is 98.4 Å². The molecule has 1 aliphatic rings. The van der Waals surface area contributed by atoms with Gasteiger partial charge < -0.3 is 10.1 Å². The van der Waals surface area contributed by atoms with Crippen LogP contribution in [-0.4, -0.2) is 24.2 Å². The molecular formula is C11H15BrN2O. The van der Waals surface area contributed by atoms with Gasteiger partial charge >= 0.3 is 0 Å². The summed E-state index contributed by atoms with van der Waals surface area (Å²) in [6.45, 7) is 3.82. The molecule has 0 aromatic carbocycles. The Morgan fingerprint density at radius 3 is 3.20 bits per heavy atom. The number of halogens is 1. The second-order valence-corrected chi connectivity index (χ2v) is 4.60. The van der Waals surface area contributed by atoms with E-state index < -0.39 is 0 Å². The second kappa shape index (κ2) is 4.94. The molecule has 82 valence electrons. The predicted molar refractivity (Wildman–Crippen MR) is 64.1 cm³/mol. The van der Waals surface area contributed by atoms with Crippen molar-refractivity contribution in [1.82, 2.24) is 4.98 Å². The first-order valence-corrected chi connectivity index (χ1v) is 6.02. The molecule has 3 nitrogen and oxygen atoms in total. The van der Waals surface area contributed by atoms with E-state index in [1.807, 2.05) is 13.1 Å². The summed E-state index contributed by atoms with van der Waals surface area (Å²) in [7, 11) is 0. The van der Waals surface area contributed by atoms with Gasteiger partial charge in [0.2, 0.25) is 0 Å². The predicted octanol–water partition coefficient (Wildman–Crippen LogP) is 2.74. The summed E-state index contributed by atoms with van der Waals surface area (Å²) in [5.41, 5.74) is 2.21. The minimum absolute atomic E-state index is 0.369. The lowest BCUT2D eigenvalue weighted by atomic mass is 10.2. The largest absolute Gasteiger partial charge is 0.381 e. The molecule has 1 unspecified atom stereocenters. The van der Waals surface area contributed by atoms with Crippen molar-refractivity contribution < 1.29 is 4.74 Å². The van der Waals surface area contributed by atoms with Gasteiger partial charge in [0.25, 0.3) is 0 Å². The molecule has 1 aliphatic heterocycles. The minimum Gasteiger partial charge on any atom is -0.381 e. The SMILES string of the molecule is Cc1cc(NCC2CCCO2)cnc1Br. The van der Waals surface area contributed by atoms with Gasteiger partial charge in [-0.25, -0.2) is 4.98 Å². The van der Waals surface area contributed by atoms with Gasteiger partial charge in [-0.1, -0.05) is 0 Å². The molecule has 0 spiro atoms. The molecule has 0 amide bonds. The van der Waals surface area contributed by atoms with Gasteiger partial charge in [-0.05, 0) is 47.3 Å². The molecule has 2 heterocycles. The second-order valence-electron chi connectivity index (χ2n) is 3.85. The van der Waals surface area contributed by atoms with Crippen LogP contribution in [0.25, 0.3) is 0 Å². The lowest BCUT2D eigenvalue weighted by molar-refractivity contribution is 0.120. The maximum atomic E-state index is 5.54. The van der Waals surface area contributed by atoms with Crippen LogP contribution >= 0.6 is 15.9 Å². The lowest BCUT2D eigenvalue weighted by Crippen LogP contribution is -2.18. The van der Waals surface area contributed by atoms with E-state index in [4.69, 9.17) is 4.74 Å². The third-order valence-corrected chi connectivity index (χ3v) is 3.40. The van der Waals surface area contributed by atoms with Gasteiger partial charge in [0, 0.05) is 13.2 Å².